The van der Waals surface area contributed by atoms with Gasteiger partial charge in [-0.3, -0.25) is 14.7 Å². The molecule has 0 aromatic carbocycles. The van der Waals surface area contributed by atoms with Gasteiger partial charge in [0.1, 0.15) is 0 Å². The Morgan fingerprint density at radius 2 is 1.73 bits per heavy atom. The fourth-order valence-electron chi connectivity index (χ4n) is 3.50. The number of nitrogens with one attached hydrogen (secondary N) is 1. The molecule has 1 aromatic heterocycles. The maximum absolute atomic E-state index is 12.3. The van der Waals surface area contributed by atoms with Crippen LogP contribution in [0.1, 0.15) is 25.0 Å². The Morgan fingerprint density at radius 1 is 0.962 bits per heavy atom. The first-order valence-corrected chi connectivity index (χ1v) is 9.65. The van der Waals surface area contributed by atoms with E-state index < -0.39 is 0 Å². The molecule has 7 heteroatoms. The van der Waals surface area contributed by atoms with E-state index in [4.69, 9.17) is 0 Å². The smallest absolute Gasteiger partial charge is 0.317 e. The van der Waals surface area contributed by atoms with E-state index in [0.29, 0.717) is 26.2 Å². The van der Waals surface area contributed by atoms with Crippen LogP contribution in [-0.2, 0) is 11.2 Å². The molecule has 142 valence electrons. The molecule has 0 aliphatic carbocycles. The zero-order valence-corrected chi connectivity index (χ0v) is 15.4. The fraction of sp³-hybridized carbons (Fsp3) is 0.632. The largest absolute Gasteiger partial charge is 0.342 e. The molecule has 0 atom stereocenters. The van der Waals surface area contributed by atoms with Gasteiger partial charge in [0, 0.05) is 64.1 Å². The molecule has 2 fully saturated rings. The van der Waals surface area contributed by atoms with Gasteiger partial charge in [0.15, 0.2) is 0 Å². The summed E-state index contributed by atoms with van der Waals surface area (Å²) >= 11 is 0. The van der Waals surface area contributed by atoms with Crippen LogP contribution in [-0.4, -0.2) is 84.0 Å². The molecule has 2 aliphatic heterocycles. The summed E-state index contributed by atoms with van der Waals surface area (Å²) in [6, 6.07) is 5.78. The second-order valence-electron chi connectivity index (χ2n) is 7.01. The molecule has 2 aliphatic rings. The Bertz CT molecular complexity index is 581. The van der Waals surface area contributed by atoms with Crippen molar-refractivity contribution in [2.45, 2.75) is 25.7 Å². The third kappa shape index (κ3) is 5.42. The molecule has 2 saturated heterocycles. The first kappa shape index (κ1) is 18.6. The van der Waals surface area contributed by atoms with Crippen molar-refractivity contribution in [1.82, 2.24) is 25.0 Å². The number of carbonyl (C=O) groups is 2. The van der Waals surface area contributed by atoms with Gasteiger partial charge in [0.25, 0.3) is 0 Å². The molecule has 0 radical (unpaired) electrons. The van der Waals surface area contributed by atoms with Crippen LogP contribution in [0, 0.1) is 0 Å². The summed E-state index contributed by atoms with van der Waals surface area (Å²) in [6.45, 7) is 5.72. The van der Waals surface area contributed by atoms with Crippen LogP contribution in [0.15, 0.2) is 24.4 Å². The Morgan fingerprint density at radius 3 is 2.42 bits per heavy atom. The van der Waals surface area contributed by atoms with Crippen LogP contribution in [0.5, 0.6) is 0 Å². The first-order chi connectivity index (χ1) is 12.7. The van der Waals surface area contributed by atoms with Crippen molar-refractivity contribution in [3.63, 3.8) is 0 Å². The predicted octanol–water partition coefficient (Wildman–Crippen LogP) is 0.964. The van der Waals surface area contributed by atoms with E-state index in [1.54, 1.807) is 6.20 Å². The number of likely N-dealkylation sites (tertiary alicyclic amines) is 1. The molecule has 26 heavy (non-hydrogen) atoms. The molecule has 0 saturated carbocycles. The second-order valence-corrected chi connectivity index (χ2v) is 7.01. The number of urea groups is 1. The quantitative estimate of drug-likeness (QED) is 0.850. The average molecular weight is 359 g/mol. The van der Waals surface area contributed by atoms with E-state index in [0.717, 1.165) is 51.1 Å². The summed E-state index contributed by atoms with van der Waals surface area (Å²) in [4.78, 5) is 34.8. The molecule has 3 amide bonds. The number of hydrogen-bond donors (Lipinski definition) is 1. The van der Waals surface area contributed by atoms with Crippen LogP contribution >= 0.6 is 0 Å². The van der Waals surface area contributed by atoms with Gasteiger partial charge in [0.05, 0.1) is 6.54 Å². The predicted molar refractivity (Wildman–Crippen MR) is 99.8 cm³/mol. The minimum atomic E-state index is -0.0251. The monoisotopic (exact) mass is 359 g/mol. The van der Waals surface area contributed by atoms with Crippen molar-refractivity contribution in [2.75, 3.05) is 52.4 Å². The van der Waals surface area contributed by atoms with Crippen molar-refractivity contribution in [3.05, 3.63) is 30.1 Å². The zero-order valence-electron chi connectivity index (χ0n) is 15.4. The molecular formula is C19H29N5O2. The van der Waals surface area contributed by atoms with E-state index in [9.17, 15) is 9.59 Å². The number of hydrogen-bond acceptors (Lipinski definition) is 4. The molecule has 0 spiro atoms. The van der Waals surface area contributed by atoms with Gasteiger partial charge in [-0.1, -0.05) is 6.07 Å². The maximum atomic E-state index is 12.3. The Balaban J connectivity index is 1.33. The van der Waals surface area contributed by atoms with Gasteiger partial charge in [-0.05, 0) is 31.4 Å². The highest BCUT2D eigenvalue weighted by molar-refractivity contribution is 5.78. The van der Waals surface area contributed by atoms with Gasteiger partial charge >= 0.3 is 6.03 Å². The lowest BCUT2D eigenvalue weighted by Crippen LogP contribution is -2.54. The number of pyridine rings is 1. The Labute approximate surface area is 155 Å². The summed E-state index contributed by atoms with van der Waals surface area (Å²) in [6.07, 6.45) is 5.98. The van der Waals surface area contributed by atoms with E-state index in [2.05, 4.69) is 15.2 Å². The Kier molecular flexibility index (Phi) is 6.82. The van der Waals surface area contributed by atoms with Crippen LogP contribution in [0.4, 0.5) is 4.79 Å². The zero-order chi connectivity index (χ0) is 18.2. The van der Waals surface area contributed by atoms with Crippen molar-refractivity contribution >= 4 is 11.9 Å². The number of piperazine rings is 1. The summed E-state index contributed by atoms with van der Waals surface area (Å²) in [5.74, 6) is 0.234. The number of carbonyl (C=O) groups excluding carboxylic acids is 2. The normalized spacial score (nSPS) is 18.6. The van der Waals surface area contributed by atoms with Gasteiger partial charge in [-0.2, -0.15) is 0 Å². The first-order valence-electron chi connectivity index (χ1n) is 9.65. The van der Waals surface area contributed by atoms with Crippen LogP contribution in [0.3, 0.4) is 0 Å². The number of rotatable bonds is 5. The van der Waals surface area contributed by atoms with E-state index in [-0.39, 0.29) is 11.9 Å². The number of nitrogens with zero attached hydrogens (tertiary/aromatic N) is 4. The van der Waals surface area contributed by atoms with E-state index in [1.165, 1.54) is 6.42 Å². The highest BCUT2D eigenvalue weighted by Crippen LogP contribution is 2.10. The van der Waals surface area contributed by atoms with E-state index >= 15 is 0 Å². The van der Waals surface area contributed by atoms with Crippen molar-refractivity contribution in [3.8, 4) is 0 Å². The molecule has 3 heterocycles. The third-order valence-electron chi connectivity index (χ3n) is 5.11. The number of amides is 3. The lowest BCUT2D eigenvalue weighted by atomic mass is 10.1. The summed E-state index contributed by atoms with van der Waals surface area (Å²) in [5, 5.41) is 2.96. The maximum Gasteiger partial charge on any atom is 0.317 e. The topological polar surface area (TPSA) is 68.8 Å². The minimum Gasteiger partial charge on any atom is -0.342 e. The standard InChI is InChI=1S/C19H29N5O2/c25-18(23-10-4-1-5-11-23)16-22-12-14-24(15-13-22)19(26)21-9-7-17-6-2-3-8-20-17/h2-3,6,8H,1,4-5,7,9-16H2,(H,21,26). The van der Waals surface area contributed by atoms with E-state index in [1.807, 2.05) is 28.0 Å². The third-order valence-corrected chi connectivity index (χ3v) is 5.11. The summed E-state index contributed by atoms with van der Waals surface area (Å²) in [7, 11) is 0. The molecule has 1 aromatic rings. The second kappa shape index (κ2) is 9.52. The van der Waals surface area contributed by atoms with Crippen LogP contribution in [0.2, 0.25) is 0 Å². The lowest BCUT2D eigenvalue weighted by molar-refractivity contribution is -0.133. The molecular weight excluding hydrogens is 330 g/mol. The minimum absolute atomic E-state index is 0.0251. The van der Waals surface area contributed by atoms with Gasteiger partial charge in [0.2, 0.25) is 5.91 Å². The SMILES string of the molecule is O=C(CN1CCN(C(=O)NCCc2ccccn2)CC1)N1CCCCC1. The molecule has 0 unspecified atom stereocenters. The highest BCUT2D eigenvalue weighted by Gasteiger charge is 2.24. The van der Waals surface area contributed by atoms with Crippen LogP contribution in [0.25, 0.3) is 0 Å². The Hall–Kier alpha value is -2.15. The summed E-state index contributed by atoms with van der Waals surface area (Å²) in [5.41, 5.74) is 0.980. The molecule has 0 bridgehead atoms. The average Bonchev–Trinajstić information content (AvgIpc) is 2.70. The number of aromatic nitrogens is 1. The lowest BCUT2D eigenvalue weighted by Gasteiger charge is -2.36. The number of piperidine rings is 1. The molecule has 7 nitrogen and oxygen atoms in total. The highest BCUT2D eigenvalue weighted by atomic mass is 16.2. The van der Waals surface area contributed by atoms with Gasteiger partial charge in [-0.25, -0.2) is 4.79 Å². The molecule has 1 N–H and O–H groups in total. The van der Waals surface area contributed by atoms with Crippen molar-refractivity contribution in [1.29, 1.82) is 0 Å². The van der Waals surface area contributed by atoms with Gasteiger partial charge < -0.3 is 15.1 Å². The van der Waals surface area contributed by atoms with Crippen molar-refractivity contribution in [2.24, 2.45) is 0 Å². The van der Waals surface area contributed by atoms with Crippen molar-refractivity contribution < 1.29 is 9.59 Å². The van der Waals surface area contributed by atoms with Gasteiger partial charge in [-0.15, -0.1) is 0 Å². The van der Waals surface area contributed by atoms with Crippen LogP contribution < -0.4 is 5.32 Å². The summed E-state index contributed by atoms with van der Waals surface area (Å²) < 4.78 is 0. The fourth-order valence-corrected chi connectivity index (χ4v) is 3.50. The molecule has 3 rings (SSSR count).